The smallest absolute Gasteiger partial charge is 0.0261 e. The van der Waals surface area contributed by atoms with E-state index in [0.29, 0.717) is 0 Å². The molecule has 2 aromatic carbocycles. The highest BCUT2D eigenvalue weighted by Gasteiger charge is 2.10. The van der Waals surface area contributed by atoms with Crippen LogP contribution in [0.3, 0.4) is 0 Å². The van der Waals surface area contributed by atoms with E-state index < -0.39 is 0 Å². The molecule has 0 aliphatic carbocycles. The van der Waals surface area contributed by atoms with Gasteiger partial charge < -0.3 is 0 Å². The number of rotatable bonds is 3. The Kier molecular flexibility index (Phi) is 3.92. The van der Waals surface area contributed by atoms with E-state index in [4.69, 9.17) is 0 Å². The van der Waals surface area contributed by atoms with Crippen molar-refractivity contribution in [1.82, 2.24) is 10.2 Å². The van der Waals surface area contributed by atoms with Crippen molar-refractivity contribution in [2.45, 2.75) is 6.54 Å². The quantitative estimate of drug-likeness (QED) is 0.820. The van der Waals surface area contributed by atoms with Gasteiger partial charge in [-0.3, -0.25) is 4.90 Å². The Bertz CT molecular complexity index is 516. The Labute approximate surface area is 115 Å². The Balaban J connectivity index is 1.76. The summed E-state index contributed by atoms with van der Waals surface area (Å²) in [6, 6.07) is 19.4. The van der Waals surface area contributed by atoms with Gasteiger partial charge in [0.05, 0.1) is 0 Å². The van der Waals surface area contributed by atoms with Crippen molar-refractivity contribution in [1.29, 1.82) is 0 Å². The fraction of sp³-hybridized carbons (Fsp3) is 0.294. The first kappa shape index (κ1) is 12.4. The average molecular weight is 251 g/mol. The molecule has 2 aromatic rings. The van der Waals surface area contributed by atoms with Crippen LogP contribution in [0.15, 0.2) is 54.6 Å². The van der Waals surface area contributed by atoms with Gasteiger partial charge in [-0.2, -0.15) is 0 Å². The van der Waals surface area contributed by atoms with Crippen LogP contribution in [0.5, 0.6) is 0 Å². The molecule has 1 radical (unpaired) electrons. The van der Waals surface area contributed by atoms with E-state index in [0.717, 1.165) is 32.7 Å². The lowest BCUT2D eigenvalue weighted by molar-refractivity contribution is 0.231. The topological polar surface area (TPSA) is 17.3 Å². The van der Waals surface area contributed by atoms with Gasteiger partial charge in [0.15, 0.2) is 0 Å². The van der Waals surface area contributed by atoms with Gasteiger partial charge in [0.25, 0.3) is 0 Å². The predicted molar refractivity (Wildman–Crippen MR) is 79.0 cm³/mol. The van der Waals surface area contributed by atoms with E-state index in [1.165, 1.54) is 16.7 Å². The molecule has 0 spiro atoms. The average Bonchev–Trinajstić information content (AvgIpc) is 2.49. The number of nitrogens with zero attached hydrogens (tertiary/aromatic N) is 2. The second kappa shape index (κ2) is 6.00. The van der Waals surface area contributed by atoms with Crippen molar-refractivity contribution < 1.29 is 0 Å². The van der Waals surface area contributed by atoms with Crippen LogP contribution in [0.25, 0.3) is 11.1 Å². The van der Waals surface area contributed by atoms with Crippen molar-refractivity contribution in [2.75, 3.05) is 26.2 Å². The highest BCUT2D eigenvalue weighted by Crippen LogP contribution is 2.20. The van der Waals surface area contributed by atoms with Crippen LogP contribution in [0, 0.1) is 0 Å². The molecule has 0 aromatic heterocycles. The van der Waals surface area contributed by atoms with Gasteiger partial charge in [0.2, 0.25) is 0 Å². The van der Waals surface area contributed by atoms with Gasteiger partial charge in [-0.1, -0.05) is 48.5 Å². The molecule has 1 aliphatic heterocycles. The molecule has 0 saturated carbocycles. The minimum Gasteiger partial charge on any atom is -0.296 e. The Morgan fingerprint density at radius 2 is 1.58 bits per heavy atom. The zero-order chi connectivity index (χ0) is 12.9. The van der Waals surface area contributed by atoms with Crippen molar-refractivity contribution in [2.24, 2.45) is 0 Å². The number of hydrogen-bond donors (Lipinski definition) is 0. The summed E-state index contributed by atoms with van der Waals surface area (Å²) in [5, 5.41) is 4.39. The normalized spacial score (nSPS) is 16.4. The number of hydrogen-bond acceptors (Lipinski definition) is 1. The predicted octanol–water partition coefficient (Wildman–Crippen LogP) is 2.77. The minimum absolute atomic E-state index is 0.984. The molecule has 0 amide bonds. The molecule has 1 heterocycles. The van der Waals surface area contributed by atoms with Gasteiger partial charge in [0, 0.05) is 32.7 Å². The van der Waals surface area contributed by atoms with Crippen molar-refractivity contribution in [3.63, 3.8) is 0 Å². The van der Waals surface area contributed by atoms with Crippen LogP contribution in [0.2, 0.25) is 0 Å². The number of piperazine rings is 1. The second-order valence-corrected chi connectivity index (χ2v) is 5.01. The molecule has 1 saturated heterocycles. The monoisotopic (exact) mass is 251 g/mol. The van der Waals surface area contributed by atoms with Gasteiger partial charge in [0.1, 0.15) is 0 Å². The fourth-order valence-corrected chi connectivity index (χ4v) is 2.54. The lowest BCUT2D eigenvalue weighted by Crippen LogP contribution is -2.39. The summed E-state index contributed by atoms with van der Waals surface area (Å²) in [6.07, 6.45) is 0. The van der Waals surface area contributed by atoms with E-state index in [9.17, 15) is 0 Å². The molecular formula is C17H19N2. The fourth-order valence-electron chi connectivity index (χ4n) is 2.54. The van der Waals surface area contributed by atoms with Crippen LogP contribution >= 0.6 is 0 Å². The summed E-state index contributed by atoms with van der Waals surface area (Å²) >= 11 is 0. The first-order valence-electron chi connectivity index (χ1n) is 6.92. The maximum Gasteiger partial charge on any atom is 0.0261 e. The zero-order valence-corrected chi connectivity index (χ0v) is 11.1. The molecule has 1 aliphatic rings. The SMILES string of the molecule is c1ccc(-c2cccc(CN3CC[N]CC3)c2)cc1. The van der Waals surface area contributed by atoms with Crippen molar-refractivity contribution >= 4 is 0 Å². The first-order chi connectivity index (χ1) is 9.42. The Morgan fingerprint density at radius 1 is 0.842 bits per heavy atom. The van der Waals surface area contributed by atoms with Crippen molar-refractivity contribution in [3.8, 4) is 11.1 Å². The maximum atomic E-state index is 4.39. The van der Waals surface area contributed by atoms with E-state index in [1.54, 1.807) is 0 Å². The molecule has 19 heavy (non-hydrogen) atoms. The molecule has 2 heteroatoms. The summed E-state index contributed by atoms with van der Waals surface area (Å²) in [5.41, 5.74) is 3.99. The van der Waals surface area contributed by atoms with Gasteiger partial charge in [-0.15, -0.1) is 0 Å². The first-order valence-corrected chi connectivity index (χ1v) is 6.92. The summed E-state index contributed by atoms with van der Waals surface area (Å²) in [4.78, 5) is 2.48. The molecule has 0 atom stereocenters. The molecule has 3 rings (SSSR count). The number of benzene rings is 2. The van der Waals surface area contributed by atoms with E-state index in [1.807, 2.05) is 0 Å². The largest absolute Gasteiger partial charge is 0.296 e. The van der Waals surface area contributed by atoms with Gasteiger partial charge in [-0.25, -0.2) is 5.32 Å². The second-order valence-electron chi connectivity index (χ2n) is 5.01. The Hall–Kier alpha value is -1.64. The molecule has 0 unspecified atom stereocenters. The molecule has 0 bridgehead atoms. The van der Waals surface area contributed by atoms with E-state index >= 15 is 0 Å². The van der Waals surface area contributed by atoms with Crippen LogP contribution in [-0.4, -0.2) is 31.1 Å². The van der Waals surface area contributed by atoms with E-state index in [-0.39, 0.29) is 0 Å². The molecule has 2 nitrogen and oxygen atoms in total. The van der Waals surface area contributed by atoms with Gasteiger partial charge in [-0.05, 0) is 22.8 Å². The van der Waals surface area contributed by atoms with Crippen molar-refractivity contribution in [3.05, 3.63) is 60.2 Å². The molecular weight excluding hydrogens is 232 g/mol. The Morgan fingerprint density at radius 3 is 2.37 bits per heavy atom. The molecule has 0 N–H and O–H groups in total. The molecule has 97 valence electrons. The van der Waals surface area contributed by atoms with Crippen LogP contribution in [0.1, 0.15) is 5.56 Å². The maximum absolute atomic E-state index is 4.39. The van der Waals surface area contributed by atoms with E-state index in [2.05, 4.69) is 64.8 Å². The van der Waals surface area contributed by atoms with Crippen LogP contribution in [-0.2, 0) is 6.54 Å². The third-order valence-electron chi connectivity index (χ3n) is 3.59. The lowest BCUT2D eigenvalue weighted by Gasteiger charge is -2.26. The van der Waals surface area contributed by atoms with Crippen LogP contribution < -0.4 is 5.32 Å². The highest BCUT2D eigenvalue weighted by molar-refractivity contribution is 5.63. The van der Waals surface area contributed by atoms with Crippen LogP contribution in [0.4, 0.5) is 0 Å². The summed E-state index contributed by atoms with van der Waals surface area (Å²) in [7, 11) is 0. The minimum atomic E-state index is 0.984. The third-order valence-corrected chi connectivity index (χ3v) is 3.59. The highest BCUT2D eigenvalue weighted by atomic mass is 15.2. The molecule has 1 fully saturated rings. The summed E-state index contributed by atoms with van der Waals surface area (Å²) in [5.74, 6) is 0. The third kappa shape index (κ3) is 3.22. The van der Waals surface area contributed by atoms with Gasteiger partial charge >= 0.3 is 0 Å². The lowest BCUT2D eigenvalue weighted by atomic mass is 10.0. The standard InChI is InChI=1S/C17H19N2/c1-2-6-16(7-3-1)17-8-4-5-15(13-17)14-19-11-9-18-10-12-19/h1-8,13H,9-12,14H2. The summed E-state index contributed by atoms with van der Waals surface area (Å²) < 4.78 is 0. The zero-order valence-electron chi connectivity index (χ0n) is 11.1. The summed E-state index contributed by atoms with van der Waals surface area (Å²) in [6.45, 7) is 5.19.